The molecular weight excluding hydrogens is 935 g/mol. The van der Waals surface area contributed by atoms with Crippen molar-refractivity contribution in [2.24, 2.45) is 0 Å². The maximum atomic E-state index is 13.1. The summed E-state index contributed by atoms with van der Waals surface area (Å²) in [5.74, 6) is -0.184. The summed E-state index contributed by atoms with van der Waals surface area (Å²) in [5, 5.41) is 54.6. The minimum atomic E-state index is -1.57. The van der Waals surface area contributed by atoms with E-state index in [2.05, 4.69) is 43.5 Å². The van der Waals surface area contributed by atoms with Crippen molar-refractivity contribution in [1.82, 2.24) is 5.32 Å². The highest BCUT2D eigenvalue weighted by atomic mass is 16.7. The molecule has 0 saturated carbocycles. The van der Waals surface area contributed by atoms with Gasteiger partial charge in [-0.05, 0) is 44.9 Å². The van der Waals surface area contributed by atoms with E-state index in [1.54, 1.807) is 6.08 Å². The number of rotatable bonds is 57. The Morgan fingerprint density at radius 3 is 1.12 bits per heavy atom. The van der Waals surface area contributed by atoms with Gasteiger partial charge in [0.2, 0.25) is 5.91 Å². The molecule has 75 heavy (non-hydrogen) atoms. The van der Waals surface area contributed by atoms with Crippen LogP contribution >= 0.6 is 0 Å². The Morgan fingerprint density at radius 1 is 0.440 bits per heavy atom. The van der Waals surface area contributed by atoms with Gasteiger partial charge in [0, 0.05) is 6.42 Å². The van der Waals surface area contributed by atoms with Crippen molar-refractivity contribution in [2.45, 2.75) is 365 Å². The highest BCUT2D eigenvalue weighted by Crippen LogP contribution is 2.23. The monoisotopic (exact) mass is 1060 g/mol. The Hall–Kier alpha value is -1.59. The Morgan fingerprint density at radius 2 is 0.760 bits per heavy atom. The summed E-state index contributed by atoms with van der Waals surface area (Å²) in [5.41, 5.74) is 0. The van der Waals surface area contributed by atoms with E-state index in [1.165, 1.54) is 257 Å². The third-order valence-corrected chi connectivity index (χ3v) is 15.7. The quantitative estimate of drug-likeness (QED) is 0.0261. The van der Waals surface area contributed by atoms with Gasteiger partial charge in [-0.15, -0.1) is 0 Å². The molecule has 442 valence electrons. The molecule has 0 radical (unpaired) electrons. The molecule has 1 fully saturated rings. The minimum Gasteiger partial charge on any atom is -0.394 e. The summed E-state index contributed by atoms with van der Waals surface area (Å²) in [6.07, 6.45) is 66.7. The van der Waals surface area contributed by atoms with Gasteiger partial charge in [0.05, 0.1) is 25.4 Å². The zero-order valence-electron chi connectivity index (χ0n) is 49.3. The van der Waals surface area contributed by atoms with Crippen LogP contribution in [0.2, 0.25) is 0 Å². The predicted molar refractivity (Wildman–Crippen MR) is 318 cm³/mol. The highest BCUT2D eigenvalue weighted by Gasteiger charge is 2.44. The molecule has 9 nitrogen and oxygen atoms in total. The first-order chi connectivity index (χ1) is 36.8. The van der Waals surface area contributed by atoms with Crippen molar-refractivity contribution in [2.75, 3.05) is 13.2 Å². The molecule has 1 rings (SSSR count). The fourth-order valence-electron chi connectivity index (χ4n) is 10.5. The number of aliphatic hydroxyl groups is 5. The van der Waals surface area contributed by atoms with Crippen molar-refractivity contribution in [3.8, 4) is 0 Å². The molecule has 7 unspecified atom stereocenters. The van der Waals surface area contributed by atoms with Crippen LogP contribution in [0.3, 0.4) is 0 Å². The van der Waals surface area contributed by atoms with Crippen LogP contribution in [0, 0.1) is 0 Å². The van der Waals surface area contributed by atoms with Gasteiger partial charge in [0.1, 0.15) is 24.4 Å². The van der Waals surface area contributed by atoms with E-state index in [0.717, 1.165) is 44.9 Å². The molecule has 7 atom stereocenters. The lowest BCUT2D eigenvalue weighted by molar-refractivity contribution is -0.302. The number of carbonyl (C=O) groups is 1. The largest absolute Gasteiger partial charge is 0.394 e. The molecule has 0 aromatic rings. The summed E-state index contributed by atoms with van der Waals surface area (Å²) in [6.45, 7) is 3.81. The fourth-order valence-corrected chi connectivity index (χ4v) is 10.5. The lowest BCUT2D eigenvalue weighted by Crippen LogP contribution is -2.60. The molecule has 0 aromatic carbocycles. The van der Waals surface area contributed by atoms with Gasteiger partial charge in [0.15, 0.2) is 6.29 Å². The molecule has 1 amide bonds. The van der Waals surface area contributed by atoms with E-state index in [0.29, 0.717) is 6.42 Å². The number of amides is 1. The highest BCUT2D eigenvalue weighted by molar-refractivity contribution is 5.76. The molecular formula is C66H125NO8. The van der Waals surface area contributed by atoms with Crippen molar-refractivity contribution in [3.63, 3.8) is 0 Å². The first kappa shape index (κ1) is 71.4. The number of ether oxygens (including phenoxy) is 2. The summed E-state index contributed by atoms with van der Waals surface area (Å²) in [6, 6.07) is -0.827. The second-order valence-corrected chi connectivity index (χ2v) is 22.9. The van der Waals surface area contributed by atoms with E-state index in [4.69, 9.17) is 9.47 Å². The van der Waals surface area contributed by atoms with Gasteiger partial charge in [-0.25, -0.2) is 0 Å². The van der Waals surface area contributed by atoms with Crippen LogP contribution in [0.5, 0.6) is 0 Å². The smallest absolute Gasteiger partial charge is 0.220 e. The summed E-state index contributed by atoms with van der Waals surface area (Å²) in [4.78, 5) is 13.1. The first-order valence-corrected chi connectivity index (χ1v) is 32.7. The maximum Gasteiger partial charge on any atom is 0.220 e. The van der Waals surface area contributed by atoms with Crippen LogP contribution in [0.15, 0.2) is 36.5 Å². The predicted octanol–water partition coefficient (Wildman–Crippen LogP) is 17.1. The topological polar surface area (TPSA) is 149 Å². The number of unbranched alkanes of at least 4 members (excludes halogenated alkanes) is 43. The Kier molecular flexibility index (Phi) is 53.1. The van der Waals surface area contributed by atoms with Crippen LogP contribution in [-0.4, -0.2) is 87.5 Å². The Labute approximate surface area is 463 Å². The van der Waals surface area contributed by atoms with Gasteiger partial charge in [-0.3, -0.25) is 4.79 Å². The molecule has 0 spiro atoms. The van der Waals surface area contributed by atoms with E-state index in [-0.39, 0.29) is 12.5 Å². The maximum absolute atomic E-state index is 13.1. The van der Waals surface area contributed by atoms with Gasteiger partial charge < -0.3 is 40.3 Å². The lowest BCUT2D eigenvalue weighted by atomic mass is 9.99. The van der Waals surface area contributed by atoms with Crippen LogP contribution in [-0.2, 0) is 14.3 Å². The zero-order chi connectivity index (χ0) is 54.3. The lowest BCUT2D eigenvalue weighted by Gasteiger charge is -2.40. The molecule has 0 bridgehead atoms. The number of hydrogen-bond acceptors (Lipinski definition) is 8. The molecule has 0 aromatic heterocycles. The van der Waals surface area contributed by atoms with Gasteiger partial charge in [0.25, 0.3) is 0 Å². The van der Waals surface area contributed by atoms with Crippen LogP contribution in [0.1, 0.15) is 322 Å². The van der Waals surface area contributed by atoms with Gasteiger partial charge >= 0.3 is 0 Å². The normalized spacial score (nSPS) is 19.1. The molecule has 1 saturated heterocycles. The summed E-state index contributed by atoms with van der Waals surface area (Å²) < 4.78 is 11.3. The van der Waals surface area contributed by atoms with Gasteiger partial charge in [-0.1, -0.05) is 307 Å². The number of nitrogens with one attached hydrogen (secondary N) is 1. The number of hydrogen-bond donors (Lipinski definition) is 6. The van der Waals surface area contributed by atoms with Crippen molar-refractivity contribution in [3.05, 3.63) is 36.5 Å². The van der Waals surface area contributed by atoms with E-state index in [9.17, 15) is 30.3 Å². The van der Waals surface area contributed by atoms with Crippen molar-refractivity contribution < 1.29 is 39.8 Å². The average Bonchev–Trinajstić information content (AvgIpc) is 3.41. The second-order valence-electron chi connectivity index (χ2n) is 22.9. The summed E-state index contributed by atoms with van der Waals surface area (Å²) in [7, 11) is 0. The summed E-state index contributed by atoms with van der Waals surface area (Å²) >= 11 is 0. The van der Waals surface area contributed by atoms with E-state index in [1.807, 2.05) is 6.08 Å². The third kappa shape index (κ3) is 44.9. The Balaban J connectivity index is 2.19. The molecule has 6 N–H and O–H groups in total. The fraction of sp³-hybridized carbons (Fsp3) is 0.894. The standard InChI is InChI=1S/C66H125NO8/c1-3-5-7-9-11-13-15-17-19-21-23-25-27-28-29-30-31-32-33-34-35-37-39-41-43-45-47-49-51-53-55-60(69)59(58-74-66-65(73)64(72)63(71)61(57-68)75-66)67-62(70)56-54-52-50-48-46-44-42-40-38-36-26-24-22-20-18-16-14-12-10-8-6-4-2/h37,39,45,47,53,55,59-61,63-66,68-69,71-73H,3-36,38,40-44,46,48-52,54,56-58H2,1-2H3,(H,67,70)/b39-37+,47-45+,55-53+. The van der Waals surface area contributed by atoms with Crippen LogP contribution in [0.4, 0.5) is 0 Å². The SMILES string of the molecule is CCCCCCCCCCCCCCCCCCCCCC/C=C/CC/C=C/CC/C=C/C(O)C(COC1OC(CO)C(O)C(O)C1O)NC(=O)CCCCCCCCCCCCCCCCCCCCCCCC. The molecule has 1 heterocycles. The van der Waals surface area contributed by atoms with Crippen LogP contribution < -0.4 is 5.32 Å². The van der Waals surface area contributed by atoms with Gasteiger partial charge in [-0.2, -0.15) is 0 Å². The second kappa shape index (κ2) is 55.7. The molecule has 1 aliphatic rings. The van der Waals surface area contributed by atoms with E-state index >= 15 is 0 Å². The van der Waals surface area contributed by atoms with Crippen molar-refractivity contribution >= 4 is 5.91 Å². The zero-order valence-corrected chi connectivity index (χ0v) is 49.3. The van der Waals surface area contributed by atoms with Crippen LogP contribution in [0.25, 0.3) is 0 Å². The Bertz CT molecular complexity index is 1270. The minimum absolute atomic E-state index is 0.184. The molecule has 9 heteroatoms. The first-order valence-electron chi connectivity index (χ1n) is 32.7. The molecule has 1 aliphatic heterocycles. The third-order valence-electron chi connectivity index (χ3n) is 15.7. The average molecular weight is 1060 g/mol. The number of allylic oxidation sites excluding steroid dienone is 5. The number of aliphatic hydroxyl groups excluding tert-OH is 5. The van der Waals surface area contributed by atoms with Crippen molar-refractivity contribution in [1.29, 1.82) is 0 Å². The van der Waals surface area contributed by atoms with E-state index < -0.39 is 49.5 Å². The number of carbonyl (C=O) groups excluding carboxylic acids is 1. The molecule has 0 aliphatic carbocycles.